The first-order valence-corrected chi connectivity index (χ1v) is 8.03. The van der Waals surface area contributed by atoms with Crippen LogP contribution in [0.25, 0.3) is 0 Å². The first-order chi connectivity index (χ1) is 11.1. The second-order valence-electron chi connectivity index (χ2n) is 5.98. The molecule has 2 heterocycles. The Bertz CT molecular complexity index is 668. The van der Waals surface area contributed by atoms with Gasteiger partial charge in [-0.25, -0.2) is 0 Å². The van der Waals surface area contributed by atoms with Crippen molar-refractivity contribution in [2.75, 3.05) is 6.54 Å². The van der Waals surface area contributed by atoms with E-state index in [4.69, 9.17) is 4.74 Å². The molecule has 1 fully saturated rings. The number of benzene rings is 1. The fourth-order valence-corrected chi connectivity index (χ4v) is 2.79. The van der Waals surface area contributed by atoms with Gasteiger partial charge in [0.25, 0.3) is 5.91 Å². The lowest BCUT2D eigenvalue weighted by atomic mass is 10.0. The van der Waals surface area contributed by atoms with E-state index in [9.17, 15) is 4.79 Å². The van der Waals surface area contributed by atoms with Crippen molar-refractivity contribution in [2.45, 2.75) is 39.2 Å². The topological polar surface area (TPSA) is 55.3 Å². The van der Waals surface area contributed by atoms with Crippen LogP contribution in [0.5, 0.6) is 11.6 Å². The Morgan fingerprint density at radius 2 is 1.91 bits per heavy atom. The summed E-state index contributed by atoms with van der Waals surface area (Å²) in [6.45, 7) is 4.83. The lowest BCUT2D eigenvalue weighted by Crippen LogP contribution is -2.41. The highest BCUT2D eigenvalue weighted by molar-refractivity contribution is 5.94. The predicted molar refractivity (Wildman–Crippen MR) is 87.6 cm³/mol. The molecule has 23 heavy (non-hydrogen) atoms. The van der Waals surface area contributed by atoms with E-state index in [1.54, 1.807) is 30.3 Å². The number of aryl methyl sites for hydroxylation is 1. The number of hydrogen-bond donors (Lipinski definition) is 0. The molecule has 0 bridgehead atoms. The zero-order valence-electron chi connectivity index (χ0n) is 13.5. The molecule has 1 saturated heterocycles. The third kappa shape index (κ3) is 3.67. The number of piperidine rings is 1. The van der Waals surface area contributed by atoms with Crippen LogP contribution in [0.15, 0.2) is 36.4 Å². The Labute approximate surface area is 136 Å². The van der Waals surface area contributed by atoms with Crippen LogP contribution < -0.4 is 4.74 Å². The minimum Gasteiger partial charge on any atom is -0.438 e. The van der Waals surface area contributed by atoms with Crippen molar-refractivity contribution in [3.05, 3.63) is 47.7 Å². The number of hydrogen-bond acceptors (Lipinski definition) is 4. The molecule has 0 saturated carbocycles. The van der Waals surface area contributed by atoms with Crippen molar-refractivity contribution in [1.82, 2.24) is 15.1 Å². The molecule has 0 spiro atoms. The molecule has 0 radical (unpaired) electrons. The van der Waals surface area contributed by atoms with Gasteiger partial charge in [-0.15, -0.1) is 5.10 Å². The summed E-state index contributed by atoms with van der Waals surface area (Å²) in [6.07, 6.45) is 3.37. The summed E-state index contributed by atoms with van der Waals surface area (Å²) < 4.78 is 5.64. The van der Waals surface area contributed by atoms with Gasteiger partial charge in [-0.05, 0) is 63.4 Å². The van der Waals surface area contributed by atoms with E-state index in [1.807, 2.05) is 17.9 Å². The van der Waals surface area contributed by atoms with Gasteiger partial charge in [-0.1, -0.05) is 0 Å². The largest absolute Gasteiger partial charge is 0.438 e. The van der Waals surface area contributed by atoms with E-state index in [0.717, 1.165) is 25.1 Å². The smallest absolute Gasteiger partial charge is 0.254 e. The molecule has 1 amide bonds. The van der Waals surface area contributed by atoms with E-state index in [2.05, 4.69) is 17.1 Å². The average Bonchev–Trinajstić information content (AvgIpc) is 2.57. The van der Waals surface area contributed by atoms with Crippen LogP contribution in [0, 0.1) is 6.92 Å². The lowest BCUT2D eigenvalue weighted by molar-refractivity contribution is 0.0635. The normalized spacial score (nSPS) is 17.8. The number of nitrogens with zero attached hydrogens (tertiary/aromatic N) is 3. The van der Waals surface area contributed by atoms with Crippen molar-refractivity contribution < 1.29 is 9.53 Å². The Morgan fingerprint density at radius 1 is 1.13 bits per heavy atom. The Balaban J connectivity index is 1.69. The molecule has 120 valence electrons. The fourth-order valence-electron chi connectivity index (χ4n) is 2.79. The second-order valence-corrected chi connectivity index (χ2v) is 5.98. The van der Waals surface area contributed by atoms with Crippen LogP contribution in [0.4, 0.5) is 0 Å². The second kappa shape index (κ2) is 6.77. The molecular formula is C18H21N3O2. The third-order valence-electron chi connectivity index (χ3n) is 4.16. The maximum Gasteiger partial charge on any atom is 0.254 e. The maximum absolute atomic E-state index is 12.6. The number of ether oxygens (including phenoxy) is 1. The zero-order valence-corrected chi connectivity index (χ0v) is 13.5. The third-order valence-corrected chi connectivity index (χ3v) is 4.16. The molecule has 1 aliphatic rings. The molecular weight excluding hydrogens is 290 g/mol. The number of amides is 1. The van der Waals surface area contributed by atoms with Gasteiger partial charge < -0.3 is 9.64 Å². The molecule has 1 aromatic carbocycles. The molecule has 3 rings (SSSR count). The van der Waals surface area contributed by atoms with Crippen molar-refractivity contribution in [3.8, 4) is 11.6 Å². The van der Waals surface area contributed by atoms with Crippen LogP contribution in [0.1, 0.15) is 42.2 Å². The number of rotatable bonds is 3. The summed E-state index contributed by atoms with van der Waals surface area (Å²) >= 11 is 0. The van der Waals surface area contributed by atoms with Crippen molar-refractivity contribution >= 4 is 5.91 Å². The zero-order chi connectivity index (χ0) is 16.2. The molecule has 0 N–H and O–H groups in total. The van der Waals surface area contributed by atoms with Gasteiger partial charge in [0, 0.05) is 24.2 Å². The van der Waals surface area contributed by atoms with Gasteiger partial charge in [0.05, 0.1) is 5.69 Å². The van der Waals surface area contributed by atoms with Gasteiger partial charge in [0.2, 0.25) is 5.88 Å². The number of aromatic nitrogens is 2. The van der Waals surface area contributed by atoms with Crippen molar-refractivity contribution in [2.24, 2.45) is 0 Å². The maximum atomic E-state index is 12.6. The summed E-state index contributed by atoms with van der Waals surface area (Å²) in [5.74, 6) is 1.18. The van der Waals surface area contributed by atoms with Gasteiger partial charge in [-0.2, -0.15) is 5.10 Å². The van der Waals surface area contributed by atoms with Crippen LogP contribution in [-0.2, 0) is 0 Å². The van der Waals surface area contributed by atoms with Crippen molar-refractivity contribution in [1.29, 1.82) is 0 Å². The molecule has 1 atom stereocenters. The molecule has 1 aliphatic heterocycles. The molecule has 5 nitrogen and oxygen atoms in total. The highest BCUT2D eigenvalue weighted by atomic mass is 16.5. The Kier molecular flexibility index (Phi) is 4.55. The summed E-state index contributed by atoms with van der Waals surface area (Å²) in [5.41, 5.74) is 1.54. The first-order valence-electron chi connectivity index (χ1n) is 8.03. The summed E-state index contributed by atoms with van der Waals surface area (Å²) in [6, 6.07) is 11.1. The fraction of sp³-hybridized carbons (Fsp3) is 0.389. The van der Waals surface area contributed by atoms with Crippen molar-refractivity contribution in [3.63, 3.8) is 0 Å². The Hall–Kier alpha value is -2.43. The standard InChI is InChI=1S/C18H21N3O2/c1-13-6-11-17(20-19-13)23-16-9-7-15(8-10-16)18(22)21-12-4-3-5-14(21)2/h6-11,14H,3-5,12H2,1-2H3/t14-/m0/s1. The van der Waals surface area contributed by atoms with E-state index in [1.165, 1.54) is 6.42 Å². The van der Waals surface area contributed by atoms with Gasteiger partial charge in [0.1, 0.15) is 5.75 Å². The van der Waals surface area contributed by atoms with Gasteiger partial charge in [0.15, 0.2) is 0 Å². The molecule has 5 heteroatoms. The lowest BCUT2D eigenvalue weighted by Gasteiger charge is -2.33. The highest BCUT2D eigenvalue weighted by Gasteiger charge is 2.24. The average molecular weight is 311 g/mol. The molecule has 0 unspecified atom stereocenters. The van der Waals surface area contributed by atoms with Crippen LogP contribution >= 0.6 is 0 Å². The first kappa shape index (κ1) is 15.5. The molecule has 0 aliphatic carbocycles. The van der Waals surface area contributed by atoms with Crippen LogP contribution in [0.3, 0.4) is 0 Å². The van der Waals surface area contributed by atoms with E-state index in [-0.39, 0.29) is 5.91 Å². The van der Waals surface area contributed by atoms with Gasteiger partial charge >= 0.3 is 0 Å². The quantitative estimate of drug-likeness (QED) is 0.869. The summed E-state index contributed by atoms with van der Waals surface area (Å²) in [7, 11) is 0. The van der Waals surface area contributed by atoms with E-state index < -0.39 is 0 Å². The monoisotopic (exact) mass is 311 g/mol. The number of likely N-dealkylation sites (tertiary alicyclic amines) is 1. The summed E-state index contributed by atoms with van der Waals surface area (Å²) in [5, 5.41) is 7.92. The van der Waals surface area contributed by atoms with E-state index in [0.29, 0.717) is 23.2 Å². The summed E-state index contributed by atoms with van der Waals surface area (Å²) in [4.78, 5) is 14.5. The predicted octanol–water partition coefficient (Wildman–Crippen LogP) is 3.59. The highest BCUT2D eigenvalue weighted by Crippen LogP contribution is 2.22. The molecule has 1 aromatic heterocycles. The number of carbonyl (C=O) groups is 1. The minimum absolute atomic E-state index is 0.0962. The SMILES string of the molecule is Cc1ccc(Oc2ccc(C(=O)N3CCCC[C@@H]3C)cc2)nn1. The van der Waals surface area contributed by atoms with Crippen LogP contribution in [0.2, 0.25) is 0 Å². The minimum atomic E-state index is 0.0962. The van der Waals surface area contributed by atoms with Gasteiger partial charge in [-0.3, -0.25) is 4.79 Å². The number of carbonyl (C=O) groups excluding carboxylic acids is 1. The van der Waals surface area contributed by atoms with E-state index >= 15 is 0 Å². The Morgan fingerprint density at radius 3 is 2.57 bits per heavy atom. The van der Waals surface area contributed by atoms with Crippen LogP contribution in [-0.4, -0.2) is 33.6 Å². The molecule has 2 aromatic rings.